The van der Waals surface area contributed by atoms with Gasteiger partial charge in [-0.15, -0.1) is 0 Å². The van der Waals surface area contributed by atoms with Crippen LogP contribution in [0.15, 0.2) is 61.7 Å². The molecule has 0 radical (unpaired) electrons. The van der Waals surface area contributed by atoms with Gasteiger partial charge < -0.3 is 0 Å². The molecular weight excluding hydrogens is 216 g/mol. The summed E-state index contributed by atoms with van der Waals surface area (Å²) in [5.74, 6) is 0. The number of rotatable bonds is 5. The predicted octanol–water partition coefficient (Wildman–Crippen LogP) is 5.51. The van der Waals surface area contributed by atoms with Crippen LogP contribution in [0, 0.1) is 0 Å². The van der Waals surface area contributed by atoms with Gasteiger partial charge in [0.1, 0.15) is 0 Å². The Morgan fingerprint density at radius 3 is 2.39 bits per heavy atom. The Labute approximate surface area is 110 Å². The summed E-state index contributed by atoms with van der Waals surface area (Å²) in [6, 6.07) is 6.39. The summed E-state index contributed by atoms with van der Waals surface area (Å²) >= 11 is 0. The van der Waals surface area contributed by atoms with Crippen molar-refractivity contribution in [3.8, 4) is 0 Å². The van der Waals surface area contributed by atoms with E-state index in [1.54, 1.807) is 0 Å². The summed E-state index contributed by atoms with van der Waals surface area (Å²) in [4.78, 5) is 0. The lowest BCUT2D eigenvalue weighted by molar-refractivity contribution is 1.55. The molecule has 0 aromatic heterocycles. The minimum atomic E-state index is 1.14. The number of allylic oxidation sites excluding steroid dienone is 6. The van der Waals surface area contributed by atoms with Gasteiger partial charge in [0.15, 0.2) is 0 Å². The lowest BCUT2D eigenvalue weighted by atomic mass is 9.98. The molecule has 92 valence electrons. The monoisotopic (exact) mass is 236 g/mol. The van der Waals surface area contributed by atoms with E-state index in [1.807, 2.05) is 44.2 Å². The lowest BCUT2D eigenvalue weighted by Crippen LogP contribution is -1.86. The molecule has 1 aromatic rings. The van der Waals surface area contributed by atoms with E-state index >= 15 is 0 Å². The van der Waals surface area contributed by atoms with Gasteiger partial charge in [-0.1, -0.05) is 67.8 Å². The van der Waals surface area contributed by atoms with Gasteiger partial charge in [0.05, 0.1) is 0 Å². The lowest BCUT2D eigenvalue weighted by Gasteiger charge is -2.07. The second-order valence-corrected chi connectivity index (χ2v) is 3.91. The number of hydrogen-bond donors (Lipinski definition) is 0. The molecule has 0 heterocycles. The van der Waals surface area contributed by atoms with E-state index in [9.17, 15) is 0 Å². The fourth-order valence-electron chi connectivity index (χ4n) is 1.82. The minimum Gasteiger partial charge on any atom is -0.0990 e. The maximum Gasteiger partial charge on any atom is -0.0178 e. The van der Waals surface area contributed by atoms with Crippen LogP contribution in [0.3, 0.4) is 0 Å². The molecule has 0 unspecified atom stereocenters. The molecule has 0 aliphatic heterocycles. The Kier molecular flexibility index (Phi) is 5.66. The van der Waals surface area contributed by atoms with E-state index in [-0.39, 0.29) is 0 Å². The van der Waals surface area contributed by atoms with E-state index in [0.717, 1.165) is 11.1 Å². The smallest absolute Gasteiger partial charge is 0.0178 e. The summed E-state index contributed by atoms with van der Waals surface area (Å²) < 4.78 is 0. The Bertz CT molecular complexity index is 511. The van der Waals surface area contributed by atoms with Crippen LogP contribution in [-0.2, 0) is 0 Å². The Hall–Kier alpha value is -2.08. The normalized spacial score (nSPS) is 12.2. The molecule has 1 rings (SSSR count). The maximum atomic E-state index is 3.87. The summed E-state index contributed by atoms with van der Waals surface area (Å²) in [7, 11) is 0. The zero-order valence-corrected chi connectivity index (χ0v) is 11.2. The van der Waals surface area contributed by atoms with Crippen molar-refractivity contribution in [3.05, 3.63) is 78.4 Å². The van der Waals surface area contributed by atoms with Crippen LogP contribution in [0.1, 0.15) is 30.5 Å². The van der Waals surface area contributed by atoms with Crippen molar-refractivity contribution in [2.45, 2.75) is 13.8 Å². The van der Waals surface area contributed by atoms with Gasteiger partial charge in [-0.05, 0) is 42.2 Å². The first-order valence-electron chi connectivity index (χ1n) is 6.11. The SMILES string of the molecule is C=C/C=C(\C=C/C)c1ccc(/C=C\C)c(C=C)c1. The fraction of sp³-hybridized carbons (Fsp3) is 0.111. The van der Waals surface area contributed by atoms with Crippen LogP contribution in [0.25, 0.3) is 17.7 Å². The molecular formula is C18H20. The Morgan fingerprint density at radius 1 is 1.06 bits per heavy atom. The molecule has 1 aromatic carbocycles. The summed E-state index contributed by atoms with van der Waals surface area (Å²) in [6.45, 7) is 11.7. The molecule has 0 amide bonds. The van der Waals surface area contributed by atoms with Gasteiger partial charge in [0.25, 0.3) is 0 Å². The zero-order valence-electron chi connectivity index (χ0n) is 11.2. The van der Waals surface area contributed by atoms with E-state index in [4.69, 9.17) is 0 Å². The van der Waals surface area contributed by atoms with Gasteiger partial charge in [-0.2, -0.15) is 0 Å². The summed E-state index contributed by atoms with van der Waals surface area (Å²) in [5, 5.41) is 0. The summed E-state index contributed by atoms with van der Waals surface area (Å²) in [5.41, 5.74) is 4.67. The zero-order chi connectivity index (χ0) is 13.4. The molecule has 0 aliphatic rings. The molecule has 0 atom stereocenters. The third-order valence-corrected chi connectivity index (χ3v) is 2.63. The molecule has 0 spiro atoms. The van der Waals surface area contributed by atoms with Crippen molar-refractivity contribution in [2.75, 3.05) is 0 Å². The molecule has 0 fully saturated rings. The first-order chi connectivity index (χ1) is 8.76. The molecule has 0 N–H and O–H groups in total. The van der Waals surface area contributed by atoms with Crippen molar-refractivity contribution in [1.82, 2.24) is 0 Å². The summed E-state index contributed by atoms with van der Waals surface area (Å²) in [6.07, 6.45) is 13.9. The average Bonchev–Trinajstić information content (AvgIpc) is 2.39. The highest BCUT2D eigenvalue weighted by atomic mass is 14.1. The predicted molar refractivity (Wildman–Crippen MR) is 84.2 cm³/mol. The second kappa shape index (κ2) is 7.29. The van der Waals surface area contributed by atoms with Crippen LogP contribution in [0.5, 0.6) is 0 Å². The molecule has 0 heteroatoms. The van der Waals surface area contributed by atoms with E-state index in [2.05, 4.69) is 43.5 Å². The van der Waals surface area contributed by atoms with Crippen molar-refractivity contribution in [3.63, 3.8) is 0 Å². The highest BCUT2D eigenvalue weighted by Crippen LogP contribution is 2.22. The largest absolute Gasteiger partial charge is 0.0990 e. The van der Waals surface area contributed by atoms with Crippen LogP contribution in [-0.4, -0.2) is 0 Å². The first-order valence-corrected chi connectivity index (χ1v) is 6.11. The topological polar surface area (TPSA) is 0 Å². The van der Waals surface area contributed by atoms with Gasteiger partial charge in [-0.25, -0.2) is 0 Å². The first kappa shape index (κ1) is 14.0. The minimum absolute atomic E-state index is 1.14. The Morgan fingerprint density at radius 2 is 1.83 bits per heavy atom. The van der Waals surface area contributed by atoms with Crippen molar-refractivity contribution in [1.29, 1.82) is 0 Å². The fourth-order valence-corrected chi connectivity index (χ4v) is 1.82. The highest BCUT2D eigenvalue weighted by molar-refractivity contribution is 5.78. The van der Waals surface area contributed by atoms with Crippen LogP contribution < -0.4 is 0 Å². The second-order valence-electron chi connectivity index (χ2n) is 3.91. The van der Waals surface area contributed by atoms with Gasteiger partial charge in [-0.3, -0.25) is 0 Å². The van der Waals surface area contributed by atoms with Crippen LogP contribution in [0.4, 0.5) is 0 Å². The van der Waals surface area contributed by atoms with Crippen molar-refractivity contribution in [2.24, 2.45) is 0 Å². The molecule has 0 bridgehead atoms. The maximum absolute atomic E-state index is 3.87. The van der Waals surface area contributed by atoms with E-state index < -0.39 is 0 Å². The number of benzene rings is 1. The van der Waals surface area contributed by atoms with Gasteiger partial charge >= 0.3 is 0 Å². The van der Waals surface area contributed by atoms with E-state index in [1.165, 1.54) is 11.1 Å². The quantitative estimate of drug-likeness (QED) is 0.591. The molecule has 0 saturated carbocycles. The molecule has 18 heavy (non-hydrogen) atoms. The highest BCUT2D eigenvalue weighted by Gasteiger charge is 2.01. The molecule has 0 aliphatic carbocycles. The molecule has 0 nitrogen and oxygen atoms in total. The van der Waals surface area contributed by atoms with E-state index in [0.29, 0.717) is 0 Å². The molecule has 0 saturated heterocycles. The third kappa shape index (κ3) is 3.46. The van der Waals surface area contributed by atoms with Gasteiger partial charge in [0.2, 0.25) is 0 Å². The standard InChI is InChI=1S/C18H20/c1-5-9-16(10-6-2)18-13-12-17(11-7-3)15(8-4)14-18/h5-14H,1,4H2,2-3H3/b10-6-,11-7-,16-9+. The van der Waals surface area contributed by atoms with Crippen LogP contribution >= 0.6 is 0 Å². The van der Waals surface area contributed by atoms with Crippen LogP contribution in [0.2, 0.25) is 0 Å². The van der Waals surface area contributed by atoms with Crippen molar-refractivity contribution >= 4 is 17.7 Å². The number of hydrogen-bond acceptors (Lipinski definition) is 0. The van der Waals surface area contributed by atoms with Gasteiger partial charge in [0, 0.05) is 0 Å². The average molecular weight is 236 g/mol. The Balaban J connectivity index is 3.30. The third-order valence-electron chi connectivity index (χ3n) is 2.63. The van der Waals surface area contributed by atoms with Crippen molar-refractivity contribution < 1.29 is 0 Å².